The fourth-order valence-corrected chi connectivity index (χ4v) is 3.66. The minimum atomic E-state index is -0.505. The second-order valence-electron chi connectivity index (χ2n) is 6.31. The largest absolute Gasteiger partial charge is 0.352 e. The molecule has 0 unspecified atom stereocenters. The second-order valence-corrected chi connectivity index (χ2v) is 7.22. The monoisotopic (exact) mass is 371 g/mol. The number of hydrogen-bond donors (Lipinski definition) is 1. The van der Waals surface area contributed by atoms with Crippen LogP contribution in [0.2, 0.25) is 0 Å². The second kappa shape index (κ2) is 7.29. The molecule has 1 N–H and O–H groups in total. The number of amides is 1. The molecular formula is C19H21N3O3S. The van der Waals surface area contributed by atoms with E-state index in [1.165, 1.54) is 15.9 Å². The van der Waals surface area contributed by atoms with Crippen LogP contribution in [0.4, 0.5) is 0 Å². The molecule has 26 heavy (non-hydrogen) atoms. The molecule has 0 radical (unpaired) electrons. The molecule has 0 aliphatic carbocycles. The number of fused-ring (bicyclic) bond motifs is 1. The van der Waals surface area contributed by atoms with Gasteiger partial charge < -0.3 is 5.32 Å². The highest BCUT2D eigenvalue weighted by Gasteiger charge is 2.18. The average Bonchev–Trinajstić information content (AvgIpc) is 3.10. The molecule has 2 aromatic heterocycles. The van der Waals surface area contributed by atoms with E-state index in [0.717, 1.165) is 16.6 Å². The summed E-state index contributed by atoms with van der Waals surface area (Å²) in [5.41, 5.74) is 0.989. The van der Waals surface area contributed by atoms with E-state index in [0.29, 0.717) is 15.9 Å². The number of carbonyl (C=O) groups excluding carboxylic acids is 1. The normalized spacial score (nSPS) is 12.3. The average molecular weight is 371 g/mol. The molecule has 2 heterocycles. The lowest BCUT2D eigenvalue weighted by atomic mass is 10.2. The maximum absolute atomic E-state index is 13.1. The Hall–Kier alpha value is -2.67. The molecule has 0 spiro atoms. The zero-order valence-electron chi connectivity index (χ0n) is 15.0. The third-order valence-corrected chi connectivity index (χ3v) is 5.32. The first-order chi connectivity index (χ1) is 12.4. The van der Waals surface area contributed by atoms with Gasteiger partial charge in [0.05, 0.1) is 11.2 Å². The number of benzene rings is 1. The molecule has 3 rings (SSSR count). The number of nitrogens with zero attached hydrogens (tertiary/aromatic N) is 2. The van der Waals surface area contributed by atoms with E-state index < -0.39 is 5.69 Å². The Morgan fingerprint density at radius 3 is 2.65 bits per heavy atom. The molecule has 0 saturated heterocycles. The Bertz CT molecular complexity index is 1080. The van der Waals surface area contributed by atoms with Gasteiger partial charge in [0.25, 0.3) is 5.56 Å². The van der Waals surface area contributed by atoms with Crippen molar-refractivity contribution in [1.82, 2.24) is 14.5 Å². The van der Waals surface area contributed by atoms with E-state index >= 15 is 0 Å². The fourth-order valence-electron chi connectivity index (χ4n) is 2.83. The highest BCUT2D eigenvalue weighted by Crippen LogP contribution is 2.17. The number of hydrogen-bond acceptors (Lipinski definition) is 4. The van der Waals surface area contributed by atoms with Crippen molar-refractivity contribution in [3.8, 4) is 5.69 Å². The van der Waals surface area contributed by atoms with Gasteiger partial charge in [-0.1, -0.05) is 25.1 Å². The van der Waals surface area contributed by atoms with Crippen molar-refractivity contribution in [2.45, 2.75) is 39.8 Å². The Balaban J connectivity index is 2.20. The summed E-state index contributed by atoms with van der Waals surface area (Å²) >= 11 is 1.27. The molecule has 1 amide bonds. The number of nitrogens with one attached hydrogen (secondary N) is 1. The molecule has 1 atom stereocenters. The van der Waals surface area contributed by atoms with Gasteiger partial charge in [0.2, 0.25) is 5.91 Å². The molecule has 136 valence electrons. The molecule has 1 aromatic carbocycles. The summed E-state index contributed by atoms with van der Waals surface area (Å²) in [6, 6.07) is 8.96. The van der Waals surface area contributed by atoms with Gasteiger partial charge in [-0.25, -0.2) is 9.36 Å². The summed E-state index contributed by atoms with van der Waals surface area (Å²) < 4.78 is 2.99. The first-order valence-corrected chi connectivity index (χ1v) is 9.40. The Kier molecular flexibility index (Phi) is 5.08. The maximum atomic E-state index is 13.1. The van der Waals surface area contributed by atoms with Crippen molar-refractivity contribution in [3.05, 3.63) is 62.1 Å². The van der Waals surface area contributed by atoms with Crippen LogP contribution in [-0.2, 0) is 11.3 Å². The van der Waals surface area contributed by atoms with Crippen LogP contribution in [0.5, 0.6) is 0 Å². The van der Waals surface area contributed by atoms with Crippen LogP contribution in [0.1, 0.15) is 25.8 Å². The summed E-state index contributed by atoms with van der Waals surface area (Å²) in [5.74, 6) is -0.246. The van der Waals surface area contributed by atoms with E-state index in [-0.39, 0.29) is 24.1 Å². The topological polar surface area (TPSA) is 73.1 Å². The standard InChI is InChI=1S/C19H21N3O3S/c1-4-13(3)20-16(23)11-21-15-9-10-26-17(15)18(24)22(19(21)25)14-8-6-5-7-12(14)2/h5-10,13H,4,11H2,1-3H3,(H,20,23)/t13-/m0/s1. The molecule has 0 bridgehead atoms. The summed E-state index contributed by atoms with van der Waals surface area (Å²) in [4.78, 5) is 38.3. The smallest absolute Gasteiger partial charge is 0.336 e. The quantitative estimate of drug-likeness (QED) is 0.749. The van der Waals surface area contributed by atoms with Crippen molar-refractivity contribution >= 4 is 27.5 Å². The van der Waals surface area contributed by atoms with E-state index in [1.807, 2.05) is 32.9 Å². The number of carbonyl (C=O) groups is 1. The number of aromatic nitrogens is 2. The van der Waals surface area contributed by atoms with Gasteiger partial charge in [0.15, 0.2) is 0 Å². The molecule has 0 aliphatic heterocycles. The SMILES string of the molecule is CC[C@H](C)NC(=O)Cn1c(=O)n(-c2ccccc2C)c(=O)c2sccc21. The zero-order valence-corrected chi connectivity index (χ0v) is 15.8. The molecular weight excluding hydrogens is 350 g/mol. The van der Waals surface area contributed by atoms with Crippen molar-refractivity contribution in [1.29, 1.82) is 0 Å². The van der Waals surface area contributed by atoms with Crippen LogP contribution in [0.15, 0.2) is 45.3 Å². The van der Waals surface area contributed by atoms with Gasteiger partial charge in [-0.05, 0) is 43.3 Å². The van der Waals surface area contributed by atoms with Crippen LogP contribution in [0, 0.1) is 6.92 Å². The highest BCUT2D eigenvalue weighted by molar-refractivity contribution is 7.17. The molecule has 0 aliphatic rings. The predicted molar refractivity (Wildman–Crippen MR) is 104 cm³/mol. The third kappa shape index (κ3) is 3.22. The van der Waals surface area contributed by atoms with Crippen LogP contribution in [-0.4, -0.2) is 21.1 Å². The number of para-hydroxylation sites is 1. The summed E-state index contributed by atoms with van der Waals surface area (Å²) in [6.07, 6.45) is 0.803. The third-order valence-electron chi connectivity index (χ3n) is 4.43. The minimum Gasteiger partial charge on any atom is -0.352 e. The maximum Gasteiger partial charge on any atom is 0.336 e. The lowest BCUT2D eigenvalue weighted by molar-refractivity contribution is -0.122. The summed E-state index contributed by atoms with van der Waals surface area (Å²) in [7, 11) is 0. The van der Waals surface area contributed by atoms with Crippen LogP contribution in [0.25, 0.3) is 15.9 Å². The molecule has 7 heteroatoms. The lowest BCUT2D eigenvalue weighted by Crippen LogP contribution is -2.43. The van der Waals surface area contributed by atoms with E-state index in [1.54, 1.807) is 23.6 Å². The molecule has 3 aromatic rings. The van der Waals surface area contributed by atoms with Crippen LogP contribution in [0.3, 0.4) is 0 Å². The van der Waals surface area contributed by atoms with Gasteiger partial charge in [0, 0.05) is 6.04 Å². The number of thiophene rings is 1. The van der Waals surface area contributed by atoms with E-state index in [9.17, 15) is 14.4 Å². The fraction of sp³-hybridized carbons (Fsp3) is 0.316. The van der Waals surface area contributed by atoms with Gasteiger partial charge in [-0.3, -0.25) is 14.2 Å². The lowest BCUT2D eigenvalue weighted by Gasteiger charge is -2.15. The summed E-state index contributed by atoms with van der Waals surface area (Å²) in [6.45, 7) is 5.62. The van der Waals surface area contributed by atoms with Crippen molar-refractivity contribution in [2.24, 2.45) is 0 Å². The van der Waals surface area contributed by atoms with Crippen molar-refractivity contribution < 1.29 is 4.79 Å². The number of rotatable bonds is 5. The Labute approximate surface area is 154 Å². The zero-order chi connectivity index (χ0) is 18.8. The molecule has 0 saturated carbocycles. The van der Waals surface area contributed by atoms with Crippen LogP contribution < -0.4 is 16.6 Å². The predicted octanol–water partition coefficient (Wildman–Crippen LogP) is 2.44. The van der Waals surface area contributed by atoms with Gasteiger partial charge >= 0.3 is 5.69 Å². The first-order valence-electron chi connectivity index (χ1n) is 8.52. The van der Waals surface area contributed by atoms with Gasteiger partial charge in [-0.15, -0.1) is 11.3 Å². The first kappa shape index (κ1) is 18.1. The minimum absolute atomic E-state index is 0.0263. The molecule has 6 nitrogen and oxygen atoms in total. The number of aryl methyl sites for hydroxylation is 1. The van der Waals surface area contributed by atoms with E-state index in [4.69, 9.17) is 0 Å². The highest BCUT2D eigenvalue weighted by atomic mass is 32.1. The van der Waals surface area contributed by atoms with Gasteiger partial charge in [-0.2, -0.15) is 0 Å². The summed E-state index contributed by atoms with van der Waals surface area (Å²) in [5, 5.41) is 4.63. The van der Waals surface area contributed by atoms with Gasteiger partial charge in [0.1, 0.15) is 11.2 Å². The van der Waals surface area contributed by atoms with Crippen molar-refractivity contribution in [3.63, 3.8) is 0 Å². The van der Waals surface area contributed by atoms with E-state index in [2.05, 4.69) is 5.32 Å². The van der Waals surface area contributed by atoms with Crippen LogP contribution >= 0.6 is 11.3 Å². The Morgan fingerprint density at radius 2 is 1.96 bits per heavy atom. The molecule has 0 fully saturated rings. The Morgan fingerprint density at radius 1 is 1.23 bits per heavy atom. The van der Waals surface area contributed by atoms with Crippen molar-refractivity contribution in [2.75, 3.05) is 0 Å².